The maximum absolute atomic E-state index is 14.2. The molecule has 2 atom stereocenters. The van der Waals surface area contributed by atoms with Gasteiger partial charge in [0.05, 0.1) is 0 Å². The monoisotopic (exact) mass is 331 g/mol. The van der Waals surface area contributed by atoms with Crippen molar-refractivity contribution in [2.75, 3.05) is 6.54 Å². The zero-order chi connectivity index (χ0) is 15.0. The lowest BCUT2D eigenvalue weighted by Crippen LogP contribution is -2.46. The normalized spacial score (nSPS) is 26.8. The van der Waals surface area contributed by atoms with Crippen molar-refractivity contribution in [2.45, 2.75) is 48.9 Å². The fraction of sp³-hybridized carbons (Fsp3) is 0.600. The first-order valence-electron chi connectivity index (χ1n) is 7.40. The van der Waals surface area contributed by atoms with Gasteiger partial charge in [0.25, 0.3) is 0 Å². The van der Waals surface area contributed by atoms with E-state index >= 15 is 0 Å². The number of nitrogens with zero attached hydrogens (tertiary/aromatic N) is 1. The number of piperidine rings is 1. The maximum atomic E-state index is 14.2. The second-order valence-electron chi connectivity index (χ2n) is 5.91. The second-order valence-corrected chi connectivity index (χ2v) is 8.04. The highest BCUT2D eigenvalue weighted by atomic mass is 35.5. The van der Waals surface area contributed by atoms with Crippen LogP contribution in [0.5, 0.6) is 0 Å². The van der Waals surface area contributed by atoms with Gasteiger partial charge in [0.2, 0.25) is 10.0 Å². The number of alkyl halides is 1. The summed E-state index contributed by atoms with van der Waals surface area (Å²) in [5.41, 5.74) is 0.588. The highest BCUT2D eigenvalue weighted by molar-refractivity contribution is 7.89. The van der Waals surface area contributed by atoms with Gasteiger partial charge in [-0.1, -0.05) is 12.5 Å². The molecular formula is C15H19ClFNO2S. The van der Waals surface area contributed by atoms with Crippen molar-refractivity contribution in [3.05, 3.63) is 29.6 Å². The minimum absolute atomic E-state index is 0.0517. The van der Waals surface area contributed by atoms with Gasteiger partial charge in [-0.25, -0.2) is 12.8 Å². The molecule has 0 spiro atoms. The Labute approximate surface area is 130 Å². The third-order valence-corrected chi connectivity index (χ3v) is 6.95. The summed E-state index contributed by atoms with van der Waals surface area (Å²) in [5.74, 6) is -0.0852. The number of fused-ring (bicyclic) bond motifs is 1. The number of rotatable bonds is 3. The van der Waals surface area contributed by atoms with Crippen molar-refractivity contribution in [1.29, 1.82) is 0 Å². The molecule has 0 amide bonds. The van der Waals surface area contributed by atoms with E-state index in [1.165, 1.54) is 16.4 Å². The van der Waals surface area contributed by atoms with E-state index in [1.807, 2.05) is 0 Å². The van der Waals surface area contributed by atoms with E-state index < -0.39 is 15.8 Å². The largest absolute Gasteiger partial charge is 0.246 e. The van der Waals surface area contributed by atoms with E-state index in [1.54, 1.807) is 6.07 Å². The van der Waals surface area contributed by atoms with Crippen molar-refractivity contribution in [3.63, 3.8) is 0 Å². The van der Waals surface area contributed by atoms with Crippen LogP contribution < -0.4 is 0 Å². The fourth-order valence-electron chi connectivity index (χ4n) is 3.67. The molecule has 1 saturated carbocycles. The zero-order valence-electron chi connectivity index (χ0n) is 11.8. The Kier molecular flexibility index (Phi) is 4.26. The molecule has 6 heteroatoms. The molecule has 0 N–H and O–H groups in total. The molecule has 1 heterocycles. The SMILES string of the molecule is O=S(=O)(c1ccc(CCl)cc1F)N1CCCC2CCCC21. The molecule has 2 fully saturated rings. The van der Waals surface area contributed by atoms with Crippen molar-refractivity contribution in [2.24, 2.45) is 5.92 Å². The Hall–Kier alpha value is -0.650. The first-order chi connectivity index (χ1) is 10.0. The molecule has 0 bridgehead atoms. The van der Waals surface area contributed by atoms with E-state index in [0.29, 0.717) is 18.0 Å². The van der Waals surface area contributed by atoms with Crippen molar-refractivity contribution in [3.8, 4) is 0 Å². The Morgan fingerprint density at radius 2 is 2.00 bits per heavy atom. The standard InChI is InChI=1S/C15H19ClFNO2S/c16-10-11-6-7-15(13(17)9-11)21(19,20)18-8-2-4-12-3-1-5-14(12)18/h6-7,9,12,14H,1-5,8,10H2. The summed E-state index contributed by atoms with van der Waals surface area (Å²) >= 11 is 5.66. The number of benzene rings is 1. The minimum atomic E-state index is -3.76. The third-order valence-electron chi connectivity index (χ3n) is 4.68. The summed E-state index contributed by atoms with van der Waals surface area (Å²) in [6, 6.07) is 4.20. The molecule has 3 rings (SSSR count). The predicted molar refractivity (Wildman–Crippen MR) is 80.2 cm³/mol. The van der Waals surface area contributed by atoms with Crippen molar-refractivity contribution >= 4 is 21.6 Å². The molecule has 116 valence electrons. The predicted octanol–water partition coefficient (Wildman–Crippen LogP) is 3.52. The number of hydrogen-bond acceptors (Lipinski definition) is 2. The van der Waals surface area contributed by atoms with Crippen LogP contribution in [0.25, 0.3) is 0 Å². The summed E-state index contributed by atoms with van der Waals surface area (Å²) in [5, 5.41) is 0. The Morgan fingerprint density at radius 3 is 2.71 bits per heavy atom. The summed E-state index contributed by atoms with van der Waals surface area (Å²) in [6.07, 6.45) is 5.00. The molecule has 21 heavy (non-hydrogen) atoms. The first-order valence-corrected chi connectivity index (χ1v) is 9.37. The van der Waals surface area contributed by atoms with Gasteiger partial charge in [-0.2, -0.15) is 4.31 Å². The molecule has 1 saturated heterocycles. The van der Waals surface area contributed by atoms with Crippen LogP contribution in [0, 0.1) is 11.7 Å². The van der Waals surface area contributed by atoms with E-state index in [2.05, 4.69) is 0 Å². The lowest BCUT2D eigenvalue weighted by molar-refractivity contribution is 0.201. The Bertz CT molecular complexity index is 635. The maximum Gasteiger partial charge on any atom is 0.246 e. The summed E-state index contributed by atoms with van der Waals surface area (Å²) in [7, 11) is -3.76. The highest BCUT2D eigenvalue weighted by Crippen LogP contribution is 2.39. The number of halogens is 2. The van der Waals surface area contributed by atoms with Crippen LogP contribution in [0.3, 0.4) is 0 Å². The van der Waals surface area contributed by atoms with Gasteiger partial charge in [-0.05, 0) is 49.3 Å². The highest BCUT2D eigenvalue weighted by Gasteiger charge is 2.41. The van der Waals surface area contributed by atoms with Gasteiger partial charge in [0.15, 0.2) is 0 Å². The quantitative estimate of drug-likeness (QED) is 0.795. The van der Waals surface area contributed by atoms with Crippen molar-refractivity contribution < 1.29 is 12.8 Å². The van der Waals surface area contributed by atoms with Crippen LogP contribution in [-0.2, 0) is 15.9 Å². The Morgan fingerprint density at radius 1 is 1.24 bits per heavy atom. The van der Waals surface area contributed by atoms with Crippen LogP contribution in [0.15, 0.2) is 23.1 Å². The topological polar surface area (TPSA) is 37.4 Å². The minimum Gasteiger partial charge on any atom is -0.207 e. The van der Waals surface area contributed by atoms with E-state index in [4.69, 9.17) is 11.6 Å². The Balaban J connectivity index is 1.96. The molecule has 0 aromatic heterocycles. The van der Waals surface area contributed by atoms with Gasteiger partial charge in [0.1, 0.15) is 10.7 Å². The fourth-order valence-corrected chi connectivity index (χ4v) is 5.64. The summed E-state index contributed by atoms with van der Waals surface area (Å²) in [4.78, 5) is -0.219. The van der Waals surface area contributed by atoms with E-state index in [-0.39, 0.29) is 16.8 Å². The first kappa shape index (κ1) is 15.3. The molecule has 1 aromatic carbocycles. The summed E-state index contributed by atoms with van der Waals surface area (Å²) in [6.45, 7) is 0.500. The third kappa shape index (κ3) is 2.71. The molecular weight excluding hydrogens is 313 g/mol. The average Bonchev–Trinajstić information content (AvgIpc) is 2.94. The van der Waals surface area contributed by atoms with Gasteiger partial charge in [0, 0.05) is 18.5 Å². The molecule has 1 aliphatic carbocycles. The zero-order valence-corrected chi connectivity index (χ0v) is 13.3. The molecule has 2 aliphatic rings. The van der Waals surface area contributed by atoms with Gasteiger partial charge < -0.3 is 0 Å². The average molecular weight is 332 g/mol. The van der Waals surface area contributed by atoms with Gasteiger partial charge in [-0.15, -0.1) is 11.6 Å². The number of hydrogen-bond donors (Lipinski definition) is 0. The van der Waals surface area contributed by atoms with Gasteiger partial charge in [-0.3, -0.25) is 0 Å². The molecule has 0 radical (unpaired) electrons. The van der Waals surface area contributed by atoms with Crippen LogP contribution in [0.2, 0.25) is 0 Å². The molecule has 2 unspecified atom stereocenters. The van der Waals surface area contributed by atoms with Gasteiger partial charge >= 0.3 is 0 Å². The van der Waals surface area contributed by atoms with Crippen LogP contribution >= 0.6 is 11.6 Å². The lowest BCUT2D eigenvalue weighted by Gasteiger charge is -2.36. The lowest BCUT2D eigenvalue weighted by atomic mass is 9.94. The summed E-state index contributed by atoms with van der Waals surface area (Å²) < 4.78 is 41.3. The number of sulfonamides is 1. The molecule has 1 aromatic rings. The van der Waals surface area contributed by atoms with Crippen LogP contribution in [0.1, 0.15) is 37.7 Å². The molecule has 3 nitrogen and oxygen atoms in total. The van der Waals surface area contributed by atoms with Crippen molar-refractivity contribution in [1.82, 2.24) is 4.31 Å². The smallest absolute Gasteiger partial charge is 0.207 e. The van der Waals surface area contributed by atoms with Crippen LogP contribution in [0.4, 0.5) is 4.39 Å². The molecule has 1 aliphatic heterocycles. The second kappa shape index (κ2) is 5.86. The van der Waals surface area contributed by atoms with E-state index in [9.17, 15) is 12.8 Å². The van der Waals surface area contributed by atoms with E-state index in [0.717, 1.165) is 32.1 Å². The van der Waals surface area contributed by atoms with Crippen LogP contribution in [-0.4, -0.2) is 25.3 Å².